The lowest BCUT2D eigenvalue weighted by molar-refractivity contribution is -0.119. The number of anilines is 1. The van der Waals surface area contributed by atoms with Crippen LogP contribution in [0.25, 0.3) is 11.1 Å². The van der Waals surface area contributed by atoms with Gasteiger partial charge in [0, 0.05) is 24.3 Å². The molecule has 1 aliphatic heterocycles. The SMILES string of the molecule is Cc1nn([C@@H](C)C(=O)Nc2ccccc2-c2ccccc2)c(C)c1S(=O)(=O)N1CCC(C)CC1. The van der Waals surface area contributed by atoms with Gasteiger partial charge in [-0.2, -0.15) is 9.40 Å². The predicted octanol–water partition coefficient (Wildman–Crippen LogP) is 4.79. The van der Waals surface area contributed by atoms with Gasteiger partial charge in [-0.15, -0.1) is 0 Å². The van der Waals surface area contributed by atoms with Crippen LogP contribution in [0.3, 0.4) is 0 Å². The van der Waals surface area contributed by atoms with E-state index in [0.29, 0.717) is 36.1 Å². The van der Waals surface area contributed by atoms with Gasteiger partial charge in [0.15, 0.2) is 0 Å². The molecule has 8 heteroatoms. The number of hydrogen-bond acceptors (Lipinski definition) is 4. The summed E-state index contributed by atoms with van der Waals surface area (Å²) in [4.78, 5) is 13.4. The second-order valence-electron chi connectivity index (χ2n) is 9.11. The van der Waals surface area contributed by atoms with Crippen molar-refractivity contribution in [3.63, 3.8) is 0 Å². The molecule has 0 bridgehead atoms. The number of para-hydroxylation sites is 1. The molecular weight excluding hydrogens is 448 g/mol. The molecule has 34 heavy (non-hydrogen) atoms. The van der Waals surface area contributed by atoms with Crippen LogP contribution in [0, 0.1) is 19.8 Å². The molecule has 2 heterocycles. The molecule has 0 unspecified atom stereocenters. The van der Waals surface area contributed by atoms with Crippen molar-refractivity contribution < 1.29 is 13.2 Å². The highest BCUT2D eigenvalue weighted by Gasteiger charge is 2.34. The van der Waals surface area contributed by atoms with Crippen molar-refractivity contribution in [3.05, 3.63) is 66.0 Å². The van der Waals surface area contributed by atoms with Crippen molar-refractivity contribution in [1.82, 2.24) is 14.1 Å². The second kappa shape index (κ2) is 9.72. The number of nitrogens with zero attached hydrogens (tertiary/aromatic N) is 3. The largest absolute Gasteiger partial charge is 0.324 e. The standard InChI is InChI=1S/C26H32N4O3S/c1-18-14-16-29(17-15-18)34(32,33)25-19(2)28-30(20(25)3)21(4)26(31)27-24-13-9-8-12-23(24)22-10-6-5-7-11-22/h5-13,18,21H,14-17H2,1-4H3,(H,27,31)/t21-/m0/s1. The van der Waals surface area contributed by atoms with Crippen LogP contribution < -0.4 is 5.32 Å². The Labute approximate surface area is 201 Å². The summed E-state index contributed by atoms with van der Waals surface area (Å²) in [6, 6.07) is 16.8. The molecule has 1 fully saturated rings. The summed E-state index contributed by atoms with van der Waals surface area (Å²) >= 11 is 0. The van der Waals surface area contributed by atoms with Gasteiger partial charge < -0.3 is 5.32 Å². The van der Waals surface area contributed by atoms with Gasteiger partial charge in [0.25, 0.3) is 0 Å². The van der Waals surface area contributed by atoms with Crippen molar-refractivity contribution >= 4 is 21.6 Å². The summed E-state index contributed by atoms with van der Waals surface area (Å²) in [7, 11) is -3.67. The fourth-order valence-corrected chi connectivity index (χ4v) is 6.39. The van der Waals surface area contributed by atoms with E-state index >= 15 is 0 Å². The van der Waals surface area contributed by atoms with E-state index in [0.717, 1.165) is 24.0 Å². The number of hydrogen-bond donors (Lipinski definition) is 1. The molecule has 0 saturated carbocycles. The van der Waals surface area contributed by atoms with E-state index in [1.807, 2.05) is 54.6 Å². The maximum absolute atomic E-state index is 13.4. The van der Waals surface area contributed by atoms with Gasteiger partial charge in [0.05, 0.1) is 11.4 Å². The minimum atomic E-state index is -3.67. The van der Waals surface area contributed by atoms with Crippen LogP contribution in [0.15, 0.2) is 59.5 Å². The molecule has 0 aliphatic carbocycles. The average molecular weight is 481 g/mol. The maximum atomic E-state index is 13.4. The lowest BCUT2D eigenvalue weighted by Gasteiger charge is -2.29. The Morgan fingerprint density at radius 1 is 1.03 bits per heavy atom. The highest BCUT2D eigenvalue weighted by Crippen LogP contribution is 2.31. The normalized spacial score (nSPS) is 16.4. The Kier molecular flexibility index (Phi) is 6.91. The van der Waals surface area contributed by atoms with E-state index in [1.165, 1.54) is 4.68 Å². The number of piperidine rings is 1. The van der Waals surface area contributed by atoms with Crippen LogP contribution in [0.2, 0.25) is 0 Å². The van der Waals surface area contributed by atoms with Crippen molar-refractivity contribution in [2.24, 2.45) is 5.92 Å². The van der Waals surface area contributed by atoms with Crippen LogP contribution in [0.1, 0.15) is 44.1 Å². The summed E-state index contributed by atoms with van der Waals surface area (Å²) in [5.41, 5.74) is 3.51. The van der Waals surface area contributed by atoms with Crippen LogP contribution in [-0.2, 0) is 14.8 Å². The molecule has 3 aromatic rings. The minimum Gasteiger partial charge on any atom is -0.324 e. The van der Waals surface area contributed by atoms with Gasteiger partial charge in [0.2, 0.25) is 15.9 Å². The molecular formula is C26H32N4O3S. The Hall–Kier alpha value is -2.97. The number of aromatic nitrogens is 2. The smallest absolute Gasteiger partial charge is 0.248 e. The predicted molar refractivity (Wildman–Crippen MR) is 134 cm³/mol. The van der Waals surface area contributed by atoms with E-state index in [2.05, 4.69) is 17.3 Å². The first-order valence-electron chi connectivity index (χ1n) is 11.7. The minimum absolute atomic E-state index is 0.214. The third-order valence-electron chi connectivity index (χ3n) is 6.62. The molecule has 1 atom stereocenters. The van der Waals surface area contributed by atoms with Crippen LogP contribution in [0.4, 0.5) is 5.69 Å². The zero-order valence-electron chi connectivity index (χ0n) is 20.2. The molecule has 0 spiro atoms. The fraction of sp³-hybridized carbons (Fsp3) is 0.385. The van der Waals surface area contributed by atoms with Gasteiger partial charge in [-0.3, -0.25) is 9.48 Å². The Morgan fingerprint density at radius 3 is 2.32 bits per heavy atom. The third kappa shape index (κ3) is 4.65. The van der Waals surface area contributed by atoms with E-state index in [4.69, 9.17) is 0 Å². The maximum Gasteiger partial charge on any atom is 0.248 e. The first-order chi connectivity index (χ1) is 16.2. The van der Waals surface area contributed by atoms with Gasteiger partial charge >= 0.3 is 0 Å². The van der Waals surface area contributed by atoms with Crippen molar-refractivity contribution in [3.8, 4) is 11.1 Å². The van der Waals surface area contributed by atoms with Gasteiger partial charge in [-0.05, 0) is 51.2 Å². The molecule has 1 aliphatic rings. The van der Waals surface area contributed by atoms with Crippen LogP contribution in [-0.4, -0.2) is 41.5 Å². The number of carbonyl (C=O) groups is 1. The first-order valence-corrected chi connectivity index (χ1v) is 13.1. The zero-order chi connectivity index (χ0) is 24.5. The molecule has 180 valence electrons. The number of amides is 1. The number of rotatable bonds is 6. The lowest BCUT2D eigenvalue weighted by Crippen LogP contribution is -2.38. The van der Waals surface area contributed by atoms with Crippen molar-refractivity contribution in [2.45, 2.75) is 51.5 Å². The molecule has 7 nitrogen and oxygen atoms in total. The summed E-state index contributed by atoms with van der Waals surface area (Å²) in [5, 5.41) is 7.49. The molecule has 0 radical (unpaired) electrons. The number of carbonyl (C=O) groups excluding carboxylic acids is 1. The quantitative estimate of drug-likeness (QED) is 0.550. The summed E-state index contributed by atoms with van der Waals surface area (Å²) in [5.74, 6) is 0.267. The van der Waals surface area contributed by atoms with E-state index in [-0.39, 0.29) is 10.8 Å². The van der Waals surface area contributed by atoms with E-state index in [1.54, 1.807) is 25.1 Å². The van der Waals surface area contributed by atoms with E-state index in [9.17, 15) is 13.2 Å². The molecule has 1 N–H and O–H groups in total. The third-order valence-corrected chi connectivity index (χ3v) is 8.77. The van der Waals surface area contributed by atoms with Gasteiger partial charge in [0.1, 0.15) is 10.9 Å². The van der Waals surface area contributed by atoms with Crippen LogP contribution in [0.5, 0.6) is 0 Å². The summed E-state index contributed by atoms with van der Waals surface area (Å²) in [6.45, 7) is 8.33. The molecule has 4 rings (SSSR count). The fourth-order valence-electron chi connectivity index (χ4n) is 4.56. The number of benzene rings is 2. The first kappa shape index (κ1) is 24.2. The summed E-state index contributed by atoms with van der Waals surface area (Å²) in [6.07, 6.45) is 1.70. The molecule has 2 aromatic carbocycles. The number of nitrogens with one attached hydrogen (secondary N) is 1. The Morgan fingerprint density at radius 2 is 1.65 bits per heavy atom. The Balaban J connectivity index is 1.59. The second-order valence-corrected chi connectivity index (χ2v) is 11.0. The lowest BCUT2D eigenvalue weighted by atomic mass is 10.0. The molecule has 1 amide bonds. The van der Waals surface area contributed by atoms with Gasteiger partial charge in [-0.25, -0.2) is 8.42 Å². The highest BCUT2D eigenvalue weighted by molar-refractivity contribution is 7.89. The monoisotopic (exact) mass is 480 g/mol. The topological polar surface area (TPSA) is 84.3 Å². The molecule has 1 aromatic heterocycles. The van der Waals surface area contributed by atoms with E-state index < -0.39 is 16.1 Å². The highest BCUT2D eigenvalue weighted by atomic mass is 32.2. The zero-order valence-corrected chi connectivity index (χ0v) is 21.0. The number of sulfonamides is 1. The molecule has 1 saturated heterocycles. The average Bonchev–Trinajstić information content (AvgIpc) is 3.14. The van der Waals surface area contributed by atoms with Crippen LogP contribution >= 0.6 is 0 Å². The Bertz CT molecular complexity index is 1280. The van der Waals surface area contributed by atoms with Crippen molar-refractivity contribution in [1.29, 1.82) is 0 Å². The number of aryl methyl sites for hydroxylation is 1. The van der Waals surface area contributed by atoms with Crippen molar-refractivity contribution in [2.75, 3.05) is 18.4 Å². The summed E-state index contributed by atoms with van der Waals surface area (Å²) < 4.78 is 29.9. The van der Waals surface area contributed by atoms with Gasteiger partial charge in [-0.1, -0.05) is 55.5 Å².